The molecule has 0 aliphatic carbocycles. The van der Waals surface area contributed by atoms with E-state index in [-0.39, 0.29) is 12.2 Å². The molecule has 0 saturated carbocycles. The first-order valence-corrected chi connectivity index (χ1v) is 11.5. The molecule has 0 fully saturated rings. The van der Waals surface area contributed by atoms with Crippen LogP contribution in [0.15, 0.2) is 54.6 Å². The first-order valence-electron chi connectivity index (χ1n) is 8.48. The van der Waals surface area contributed by atoms with Crippen LogP contribution in [-0.4, -0.2) is 39.4 Å². The number of nitrogens with zero attached hydrogens (tertiary/aromatic N) is 1. The largest absolute Gasteiger partial charge is 0.354 e. The number of anilines is 1. The predicted octanol–water partition coefficient (Wildman–Crippen LogP) is 3.03. The summed E-state index contributed by atoms with van der Waals surface area (Å²) in [7, 11) is -3.70. The fourth-order valence-corrected chi connectivity index (χ4v) is 4.15. The van der Waals surface area contributed by atoms with Crippen LogP contribution in [-0.2, 0) is 20.6 Å². The van der Waals surface area contributed by atoms with Crippen LogP contribution in [0, 0.1) is 5.82 Å². The molecule has 0 spiro atoms. The highest BCUT2D eigenvalue weighted by Crippen LogP contribution is 2.18. The zero-order valence-electron chi connectivity index (χ0n) is 15.1. The molecule has 8 heteroatoms. The standard InChI is InChI=1S/C19H23FN2O3S2/c1-27(24,25)22(18-10-5-9-17(20)13-18)14-19(23)21-11-6-12-26-15-16-7-3-2-4-8-16/h2-5,7-10,13H,6,11-12,14-15H2,1H3,(H,21,23). The highest BCUT2D eigenvalue weighted by atomic mass is 32.2. The summed E-state index contributed by atoms with van der Waals surface area (Å²) in [5, 5.41) is 2.72. The zero-order valence-corrected chi connectivity index (χ0v) is 16.7. The van der Waals surface area contributed by atoms with Crippen molar-refractivity contribution in [1.82, 2.24) is 5.32 Å². The third-order valence-electron chi connectivity index (χ3n) is 3.68. The van der Waals surface area contributed by atoms with Gasteiger partial charge in [-0.15, -0.1) is 0 Å². The van der Waals surface area contributed by atoms with Crippen molar-refractivity contribution < 1.29 is 17.6 Å². The lowest BCUT2D eigenvalue weighted by molar-refractivity contribution is -0.119. The van der Waals surface area contributed by atoms with Crippen molar-refractivity contribution in [3.8, 4) is 0 Å². The lowest BCUT2D eigenvalue weighted by atomic mass is 10.2. The number of thioether (sulfide) groups is 1. The van der Waals surface area contributed by atoms with E-state index in [1.165, 1.54) is 23.8 Å². The Morgan fingerprint density at radius 3 is 2.56 bits per heavy atom. The summed E-state index contributed by atoms with van der Waals surface area (Å²) in [5.41, 5.74) is 1.39. The molecule has 0 bridgehead atoms. The van der Waals surface area contributed by atoms with Gasteiger partial charge in [0, 0.05) is 12.3 Å². The van der Waals surface area contributed by atoms with E-state index in [2.05, 4.69) is 17.4 Å². The van der Waals surface area contributed by atoms with Crippen molar-refractivity contribution in [2.45, 2.75) is 12.2 Å². The van der Waals surface area contributed by atoms with E-state index in [0.29, 0.717) is 6.54 Å². The van der Waals surface area contributed by atoms with Crippen molar-refractivity contribution in [3.05, 3.63) is 66.0 Å². The van der Waals surface area contributed by atoms with Gasteiger partial charge in [0.15, 0.2) is 0 Å². The summed E-state index contributed by atoms with van der Waals surface area (Å²) in [6.45, 7) is 0.0841. The molecule has 2 aromatic rings. The van der Waals surface area contributed by atoms with Crippen LogP contribution in [0.3, 0.4) is 0 Å². The van der Waals surface area contributed by atoms with Gasteiger partial charge in [-0.2, -0.15) is 11.8 Å². The van der Waals surface area contributed by atoms with Crippen molar-refractivity contribution in [3.63, 3.8) is 0 Å². The van der Waals surface area contributed by atoms with Crippen molar-refractivity contribution in [1.29, 1.82) is 0 Å². The van der Waals surface area contributed by atoms with E-state index < -0.39 is 21.7 Å². The Balaban J connectivity index is 1.76. The number of sulfonamides is 1. The number of benzene rings is 2. The van der Waals surface area contributed by atoms with Crippen LogP contribution < -0.4 is 9.62 Å². The Hall–Kier alpha value is -2.06. The van der Waals surface area contributed by atoms with Crippen LogP contribution in [0.1, 0.15) is 12.0 Å². The Morgan fingerprint density at radius 1 is 1.15 bits per heavy atom. The van der Waals surface area contributed by atoms with E-state index in [4.69, 9.17) is 0 Å². The van der Waals surface area contributed by atoms with Gasteiger partial charge >= 0.3 is 0 Å². The number of hydrogen-bond acceptors (Lipinski definition) is 4. The molecule has 0 atom stereocenters. The SMILES string of the molecule is CS(=O)(=O)N(CC(=O)NCCCSCc1ccccc1)c1cccc(F)c1. The maximum atomic E-state index is 13.4. The lowest BCUT2D eigenvalue weighted by Crippen LogP contribution is -2.40. The van der Waals surface area contributed by atoms with Gasteiger partial charge in [-0.05, 0) is 35.9 Å². The molecule has 5 nitrogen and oxygen atoms in total. The topological polar surface area (TPSA) is 66.5 Å². The molecule has 2 rings (SSSR count). The van der Waals surface area contributed by atoms with Crippen LogP contribution in [0.2, 0.25) is 0 Å². The van der Waals surface area contributed by atoms with Gasteiger partial charge in [0.1, 0.15) is 12.4 Å². The van der Waals surface area contributed by atoms with E-state index in [1.807, 2.05) is 18.2 Å². The summed E-state index contributed by atoms with van der Waals surface area (Å²) in [4.78, 5) is 12.1. The van der Waals surface area contributed by atoms with Gasteiger partial charge in [0.25, 0.3) is 0 Å². The molecule has 0 aromatic heterocycles. The summed E-state index contributed by atoms with van der Waals surface area (Å²) in [6.07, 6.45) is 1.77. The Bertz CT molecular complexity index is 845. The van der Waals surface area contributed by atoms with Crippen molar-refractivity contribution in [2.24, 2.45) is 0 Å². The second-order valence-corrected chi connectivity index (χ2v) is 9.00. The number of hydrogen-bond donors (Lipinski definition) is 1. The molecule has 0 radical (unpaired) electrons. The molecule has 1 N–H and O–H groups in total. The number of rotatable bonds is 10. The number of carbonyl (C=O) groups excluding carboxylic acids is 1. The van der Waals surface area contributed by atoms with Crippen LogP contribution in [0.5, 0.6) is 0 Å². The summed E-state index contributed by atoms with van der Waals surface area (Å²) >= 11 is 1.78. The van der Waals surface area contributed by atoms with Gasteiger partial charge in [0.2, 0.25) is 15.9 Å². The highest BCUT2D eigenvalue weighted by Gasteiger charge is 2.20. The first-order chi connectivity index (χ1) is 12.9. The monoisotopic (exact) mass is 410 g/mol. The van der Waals surface area contributed by atoms with Crippen LogP contribution in [0.4, 0.5) is 10.1 Å². The van der Waals surface area contributed by atoms with E-state index in [1.54, 1.807) is 11.8 Å². The Morgan fingerprint density at radius 2 is 1.89 bits per heavy atom. The van der Waals surface area contributed by atoms with Gasteiger partial charge in [-0.25, -0.2) is 12.8 Å². The third kappa shape index (κ3) is 7.60. The quantitative estimate of drug-likeness (QED) is 0.612. The number of carbonyl (C=O) groups is 1. The maximum absolute atomic E-state index is 13.4. The smallest absolute Gasteiger partial charge is 0.240 e. The predicted molar refractivity (Wildman–Crippen MR) is 109 cm³/mol. The van der Waals surface area contributed by atoms with E-state index in [9.17, 15) is 17.6 Å². The molecule has 0 aliphatic heterocycles. The number of halogens is 1. The summed E-state index contributed by atoms with van der Waals surface area (Å²) < 4.78 is 38.2. The molecule has 1 amide bonds. The fourth-order valence-electron chi connectivity index (χ4n) is 2.38. The molecule has 0 unspecified atom stereocenters. The summed E-state index contributed by atoms with van der Waals surface area (Å²) in [5.74, 6) is 0.820. The van der Waals surface area contributed by atoms with Crippen LogP contribution in [0.25, 0.3) is 0 Å². The van der Waals surface area contributed by atoms with E-state index in [0.717, 1.165) is 34.6 Å². The Labute approximate surface area is 164 Å². The van der Waals surface area contributed by atoms with E-state index >= 15 is 0 Å². The molecule has 0 heterocycles. The highest BCUT2D eigenvalue weighted by molar-refractivity contribution is 7.98. The number of amides is 1. The average molecular weight is 411 g/mol. The minimum atomic E-state index is -3.70. The molecular formula is C19H23FN2O3S2. The molecular weight excluding hydrogens is 387 g/mol. The molecule has 0 aliphatic rings. The van der Waals surface area contributed by atoms with Crippen molar-refractivity contribution >= 4 is 33.4 Å². The summed E-state index contributed by atoms with van der Waals surface area (Å²) in [6, 6.07) is 15.3. The fraction of sp³-hybridized carbons (Fsp3) is 0.316. The van der Waals surface area contributed by atoms with Gasteiger partial charge in [-0.3, -0.25) is 9.10 Å². The van der Waals surface area contributed by atoms with Crippen LogP contribution >= 0.6 is 11.8 Å². The molecule has 27 heavy (non-hydrogen) atoms. The number of nitrogens with one attached hydrogen (secondary N) is 1. The maximum Gasteiger partial charge on any atom is 0.240 e. The van der Waals surface area contributed by atoms with Gasteiger partial charge < -0.3 is 5.32 Å². The average Bonchev–Trinajstić information content (AvgIpc) is 2.62. The second kappa shape index (κ2) is 10.3. The Kier molecular flexibility index (Phi) is 8.12. The van der Waals surface area contributed by atoms with Gasteiger partial charge in [0.05, 0.1) is 11.9 Å². The molecule has 0 saturated heterocycles. The normalized spacial score (nSPS) is 11.2. The second-order valence-electron chi connectivity index (χ2n) is 5.99. The van der Waals surface area contributed by atoms with Crippen molar-refractivity contribution in [2.75, 3.05) is 29.4 Å². The lowest BCUT2D eigenvalue weighted by Gasteiger charge is -2.21. The molecule has 146 valence electrons. The third-order valence-corrected chi connectivity index (χ3v) is 5.94. The first kappa shape index (κ1) is 21.2. The van der Waals surface area contributed by atoms with Gasteiger partial charge in [-0.1, -0.05) is 36.4 Å². The zero-order chi connectivity index (χ0) is 19.7. The minimum Gasteiger partial charge on any atom is -0.354 e. The minimum absolute atomic E-state index is 0.131. The molecule has 2 aromatic carbocycles.